The second kappa shape index (κ2) is 7.47. The molecule has 0 saturated carbocycles. The van der Waals surface area contributed by atoms with E-state index in [-0.39, 0.29) is 0 Å². The first kappa shape index (κ1) is 16.5. The summed E-state index contributed by atoms with van der Waals surface area (Å²) in [4.78, 5) is 13.5. The number of rotatable bonds is 5. The monoisotopic (exact) mass is 326 g/mol. The van der Waals surface area contributed by atoms with Crippen LogP contribution in [0.25, 0.3) is 11.1 Å². The highest BCUT2D eigenvalue weighted by atomic mass is 16.5. The second-order valence-electron chi connectivity index (χ2n) is 5.89. The first-order chi connectivity index (χ1) is 11.7. The molecule has 1 heterocycles. The molecule has 0 spiro atoms. The third-order valence-electron chi connectivity index (χ3n) is 4.26. The molecule has 1 fully saturated rings. The molecule has 5 nitrogen and oxygen atoms in total. The van der Waals surface area contributed by atoms with Gasteiger partial charge in [-0.15, -0.1) is 0 Å². The number of nitrogens with two attached hydrogens (primary N) is 1. The molecular weight excluding hydrogens is 304 g/mol. The highest BCUT2D eigenvalue weighted by Gasteiger charge is 2.25. The first-order valence-corrected chi connectivity index (χ1v) is 8.03. The SMILES string of the molecule is COc1cc(-c2ccccc2)ccc1CN1CCOC(C(N)=O)C1. The molecule has 1 unspecified atom stereocenters. The van der Waals surface area contributed by atoms with Crippen LogP contribution in [0.1, 0.15) is 5.56 Å². The Kier molecular flexibility index (Phi) is 5.13. The number of methoxy groups -OCH3 is 1. The molecule has 0 aliphatic carbocycles. The van der Waals surface area contributed by atoms with Crippen LogP contribution >= 0.6 is 0 Å². The van der Waals surface area contributed by atoms with Crippen LogP contribution in [0.5, 0.6) is 5.75 Å². The summed E-state index contributed by atoms with van der Waals surface area (Å²) < 4.78 is 11.0. The predicted octanol–water partition coefficient (Wildman–Crippen LogP) is 2.05. The van der Waals surface area contributed by atoms with Gasteiger partial charge in [0.05, 0.1) is 13.7 Å². The molecule has 2 aromatic carbocycles. The van der Waals surface area contributed by atoms with Gasteiger partial charge in [0.15, 0.2) is 0 Å². The van der Waals surface area contributed by atoms with Crippen molar-refractivity contribution in [1.29, 1.82) is 0 Å². The predicted molar refractivity (Wildman–Crippen MR) is 92.6 cm³/mol. The Bertz CT molecular complexity index is 703. The standard InChI is InChI=1S/C19H22N2O3/c1-23-17-11-15(14-5-3-2-4-6-14)7-8-16(17)12-21-9-10-24-18(13-21)19(20)22/h2-8,11,18H,9-10,12-13H2,1H3,(H2,20,22). The lowest BCUT2D eigenvalue weighted by Gasteiger charge is -2.31. The van der Waals surface area contributed by atoms with Gasteiger partial charge in [-0.1, -0.05) is 42.5 Å². The van der Waals surface area contributed by atoms with E-state index in [4.69, 9.17) is 15.2 Å². The molecule has 1 aliphatic rings. The van der Waals surface area contributed by atoms with Crippen molar-refractivity contribution in [2.24, 2.45) is 5.73 Å². The van der Waals surface area contributed by atoms with E-state index >= 15 is 0 Å². The number of ether oxygens (including phenoxy) is 2. The number of hydrogen-bond donors (Lipinski definition) is 1. The lowest BCUT2D eigenvalue weighted by Crippen LogP contribution is -2.47. The van der Waals surface area contributed by atoms with Crippen LogP contribution in [-0.2, 0) is 16.1 Å². The Hall–Kier alpha value is -2.37. The third kappa shape index (κ3) is 3.75. The van der Waals surface area contributed by atoms with Crippen LogP contribution in [0.2, 0.25) is 0 Å². The van der Waals surface area contributed by atoms with E-state index in [0.29, 0.717) is 19.7 Å². The molecule has 2 N–H and O–H groups in total. The van der Waals surface area contributed by atoms with Crippen LogP contribution in [0.15, 0.2) is 48.5 Å². The van der Waals surface area contributed by atoms with Gasteiger partial charge < -0.3 is 15.2 Å². The smallest absolute Gasteiger partial charge is 0.247 e. The fraction of sp³-hybridized carbons (Fsp3) is 0.316. The van der Waals surface area contributed by atoms with Crippen molar-refractivity contribution in [2.45, 2.75) is 12.6 Å². The summed E-state index contributed by atoms with van der Waals surface area (Å²) in [6, 6.07) is 16.4. The lowest BCUT2D eigenvalue weighted by molar-refractivity contribution is -0.135. The zero-order valence-electron chi connectivity index (χ0n) is 13.8. The Morgan fingerprint density at radius 2 is 2.04 bits per heavy atom. The van der Waals surface area contributed by atoms with Crippen LogP contribution in [0, 0.1) is 0 Å². The summed E-state index contributed by atoms with van der Waals surface area (Å²) in [5.74, 6) is 0.435. The van der Waals surface area contributed by atoms with E-state index in [9.17, 15) is 4.79 Å². The average Bonchev–Trinajstić information content (AvgIpc) is 2.63. The fourth-order valence-electron chi connectivity index (χ4n) is 2.94. The van der Waals surface area contributed by atoms with E-state index in [1.807, 2.05) is 18.2 Å². The quantitative estimate of drug-likeness (QED) is 0.913. The number of hydrogen-bond acceptors (Lipinski definition) is 4. The molecule has 24 heavy (non-hydrogen) atoms. The van der Waals surface area contributed by atoms with Crippen molar-refractivity contribution in [3.05, 3.63) is 54.1 Å². The van der Waals surface area contributed by atoms with Gasteiger partial charge in [-0.25, -0.2) is 0 Å². The van der Waals surface area contributed by atoms with Crippen LogP contribution in [0.4, 0.5) is 0 Å². The number of carbonyl (C=O) groups excluding carboxylic acids is 1. The molecule has 0 aromatic heterocycles. The Balaban J connectivity index is 1.77. The van der Waals surface area contributed by atoms with Crippen LogP contribution < -0.4 is 10.5 Å². The summed E-state index contributed by atoms with van der Waals surface area (Å²) in [6.45, 7) is 2.50. The molecule has 1 atom stereocenters. The first-order valence-electron chi connectivity index (χ1n) is 8.03. The van der Waals surface area contributed by atoms with Crippen molar-refractivity contribution >= 4 is 5.91 Å². The zero-order valence-corrected chi connectivity index (χ0v) is 13.8. The summed E-state index contributed by atoms with van der Waals surface area (Å²) in [7, 11) is 1.68. The zero-order chi connectivity index (χ0) is 16.9. The molecule has 3 rings (SSSR count). The van der Waals surface area contributed by atoms with E-state index in [0.717, 1.165) is 29.0 Å². The highest BCUT2D eigenvalue weighted by molar-refractivity contribution is 5.79. The van der Waals surface area contributed by atoms with Crippen molar-refractivity contribution in [2.75, 3.05) is 26.8 Å². The summed E-state index contributed by atoms with van der Waals surface area (Å²) in [6.07, 6.45) is -0.534. The van der Waals surface area contributed by atoms with Gasteiger partial charge in [0.25, 0.3) is 0 Å². The number of primary amides is 1. The normalized spacial score (nSPS) is 18.3. The van der Waals surface area contributed by atoms with Crippen LogP contribution in [-0.4, -0.2) is 43.7 Å². The number of morpholine rings is 1. The largest absolute Gasteiger partial charge is 0.496 e. The minimum atomic E-state index is -0.534. The van der Waals surface area contributed by atoms with E-state index in [2.05, 4.69) is 35.2 Å². The van der Waals surface area contributed by atoms with E-state index in [1.165, 1.54) is 0 Å². The summed E-state index contributed by atoms with van der Waals surface area (Å²) in [5.41, 5.74) is 8.71. The molecule has 5 heteroatoms. The topological polar surface area (TPSA) is 64.8 Å². The molecule has 0 bridgehead atoms. The minimum absolute atomic E-state index is 0.411. The molecule has 1 saturated heterocycles. The maximum atomic E-state index is 11.3. The van der Waals surface area contributed by atoms with Gasteiger partial charge in [-0.3, -0.25) is 9.69 Å². The fourth-order valence-corrected chi connectivity index (χ4v) is 2.94. The number of benzene rings is 2. The lowest BCUT2D eigenvalue weighted by atomic mass is 10.0. The van der Waals surface area contributed by atoms with Crippen molar-refractivity contribution < 1.29 is 14.3 Å². The Morgan fingerprint density at radius 3 is 2.75 bits per heavy atom. The molecular formula is C19H22N2O3. The van der Waals surface area contributed by atoms with Gasteiger partial charge in [-0.05, 0) is 17.2 Å². The number of amides is 1. The third-order valence-corrected chi connectivity index (χ3v) is 4.26. The molecule has 126 valence electrons. The van der Waals surface area contributed by atoms with Gasteiger partial charge in [0.2, 0.25) is 5.91 Å². The van der Waals surface area contributed by atoms with Gasteiger partial charge in [0.1, 0.15) is 11.9 Å². The molecule has 1 amide bonds. The molecule has 2 aromatic rings. The average molecular weight is 326 g/mol. The maximum absolute atomic E-state index is 11.3. The Labute approximate surface area is 142 Å². The Morgan fingerprint density at radius 1 is 1.25 bits per heavy atom. The van der Waals surface area contributed by atoms with E-state index < -0.39 is 12.0 Å². The summed E-state index contributed by atoms with van der Waals surface area (Å²) >= 11 is 0. The summed E-state index contributed by atoms with van der Waals surface area (Å²) in [5, 5.41) is 0. The molecule has 0 radical (unpaired) electrons. The maximum Gasteiger partial charge on any atom is 0.247 e. The highest BCUT2D eigenvalue weighted by Crippen LogP contribution is 2.28. The van der Waals surface area contributed by atoms with Crippen molar-refractivity contribution in [3.8, 4) is 16.9 Å². The van der Waals surface area contributed by atoms with Crippen molar-refractivity contribution in [1.82, 2.24) is 4.90 Å². The number of carbonyl (C=O) groups is 1. The van der Waals surface area contributed by atoms with Gasteiger partial charge in [-0.2, -0.15) is 0 Å². The van der Waals surface area contributed by atoms with Gasteiger partial charge >= 0.3 is 0 Å². The van der Waals surface area contributed by atoms with Gasteiger partial charge in [0, 0.05) is 25.2 Å². The van der Waals surface area contributed by atoms with E-state index in [1.54, 1.807) is 7.11 Å². The second-order valence-corrected chi connectivity index (χ2v) is 5.89. The minimum Gasteiger partial charge on any atom is -0.496 e. The molecule has 1 aliphatic heterocycles. The number of nitrogens with zero attached hydrogens (tertiary/aromatic N) is 1. The van der Waals surface area contributed by atoms with Crippen molar-refractivity contribution in [3.63, 3.8) is 0 Å². The van der Waals surface area contributed by atoms with Crippen LogP contribution in [0.3, 0.4) is 0 Å².